The zero-order chi connectivity index (χ0) is 20.8. The lowest BCUT2D eigenvalue weighted by molar-refractivity contribution is -0.895. The second-order valence-electron chi connectivity index (χ2n) is 7.28. The van der Waals surface area contributed by atoms with Gasteiger partial charge in [-0.05, 0) is 50.2 Å². The topological polar surface area (TPSA) is 93.3 Å². The number of quaternary nitrogens is 1. The van der Waals surface area contributed by atoms with Gasteiger partial charge in [-0.3, -0.25) is 9.59 Å². The molecule has 1 aromatic heterocycles. The van der Waals surface area contributed by atoms with Crippen LogP contribution in [0.25, 0.3) is 0 Å². The van der Waals surface area contributed by atoms with Crippen molar-refractivity contribution in [2.24, 2.45) is 0 Å². The monoisotopic (exact) mass is 400 g/mol. The summed E-state index contributed by atoms with van der Waals surface area (Å²) in [6, 6.07) is 9.98. The zero-order valence-electron chi connectivity index (χ0n) is 16.6. The lowest BCUT2D eigenvalue weighted by atomic mass is 10.2. The maximum atomic E-state index is 12.3. The molecule has 3 rings (SSSR count). The van der Waals surface area contributed by atoms with Crippen LogP contribution in [0.4, 0.5) is 5.69 Å². The molecule has 0 unspecified atom stereocenters. The van der Waals surface area contributed by atoms with Gasteiger partial charge in [0.1, 0.15) is 0 Å². The van der Waals surface area contributed by atoms with Gasteiger partial charge in [0.25, 0.3) is 11.8 Å². The van der Waals surface area contributed by atoms with E-state index in [1.165, 1.54) is 6.26 Å². The Morgan fingerprint density at radius 2 is 1.83 bits per heavy atom. The number of piperazine rings is 1. The fraction of sp³-hybridized carbons (Fsp3) is 0.381. The molecule has 1 aliphatic rings. The van der Waals surface area contributed by atoms with Crippen LogP contribution in [0.2, 0.25) is 0 Å². The highest BCUT2D eigenvalue weighted by Crippen LogP contribution is 2.11. The zero-order valence-corrected chi connectivity index (χ0v) is 16.6. The number of ether oxygens (including phenoxy) is 1. The van der Waals surface area contributed by atoms with Gasteiger partial charge >= 0.3 is 5.97 Å². The van der Waals surface area contributed by atoms with Crippen LogP contribution in [0.15, 0.2) is 47.1 Å². The normalized spacial score (nSPS) is 14.7. The molecule has 0 atom stereocenters. The molecule has 2 heterocycles. The summed E-state index contributed by atoms with van der Waals surface area (Å²) in [6.45, 7) is 6.45. The average Bonchev–Trinajstić information content (AvgIpc) is 3.23. The summed E-state index contributed by atoms with van der Waals surface area (Å²) >= 11 is 0. The minimum Gasteiger partial charge on any atom is -0.459 e. The van der Waals surface area contributed by atoms with Crippen molar-refractivity contribution in [1.29, 1.82) is 0 Å². The van der Waals surface area contributed by atoms with Crippen LogP contribution < -0.4 is 10.2 Å². The summed E-state index contributed by atoms with van der Waals surface area (Å²) in [4.78, 5) is 39.3. The molecule has 1 aromatic carbocycles. The molecule has 2 amide bonds. The van der Waals surface area contributed by atoms with E-state index in [9.17, 15) is 14.4 Å². The first kappa shape index (κ1) is 20.6. The molecule has 0 radical (unpaired) electrons. The summed E-state index contributed by atoms with van der Waals surface area (Å²) in [6.07, 6.45) is 1.30. The van der Waals surface area contributed by atoms with Gasteiger partial charge in [0.05, 0.1) is 44.1 Å². The quantitative estimate of drug-likeness (QED) is 0.701. The first-order valence-electron chi connectivity index (χ1n) is 9.69. The number of carbonyl (C=O) groups excluding carboxylic acids is 3. The van der Waals surface area contributed by atoms with E-state index in [4.69, 9.17) is 9.15 Å². The Hall–Kier alpha value is -3.13. The van der Waals surface area contributed by atoms with E-state index < -0.39 is 0 Å². The molecule has 0 bridgehead atoms. The molecule has 154 valence electrons. The highest BCUT2D eigenvalue weighted by atomic mass is 16.5. The first-order chi connectivity index (χ1) is 13.9. The molecule has 2 N–H and O–H groups in total. The molecule has 8 heteroatoms. The minimum atomic E-state index is -0.385. The van der Waals surface area contributed by atoms with Crippen molar-refractivity contribution in [2.45, 2.75) is 20.0 Å². The third-order valence-electron chi connectivity index (χ3n) is 4.65. The van der Waals surface area contributed by atoms with Crippen LogP contribution >= 0.6 is 0 Å². The van der Waals surface area contributed by atoms with Gasteiger partial charge in [-0.2, -0.15) is 0 Å². The standard InChI is InChI=1S/C21H25N3O5/c1-15(2)29-21(27)16-5-7-17(8-6-16)22-19(25)14-23-9-11-24(12-10-23)20(26)18-4-3-13-28-18/h3-8,13,15H,9-12,14H2,1-2H3,(H,22,25)/p+1. The Kier molecular flexibility index (Phi) is 6.66. The van der Waals surface area contributed by atoms with Crippen molar-refractivity contribution in [2.75, 3.05) is 38.0 Å². The van der Waals surface area contributed by atoms with Crippen LogP contribution in [-0.4, -0.2) is 61.5 Å². The predicted molar refractivity (Wildman–Crippen MR) is 106 cm³/mol. The number of carbonyl (C=O) groups is 3. The second kappa shape index (κ2) is 9.38. The highest BCUT2D eigenvalue weighted by Gasteiger charge is 2.27. The Bertz CT molecular complexity index is 838. The molecule has 0 saturated carbocycles. The van der Waals surface area contributed by atoms with Crippen LogP contribution in [0, 0.1) is 0 Å². The largest absolute Gasteiger partial charge is 0.459 e. The highest BCUT2D eigenvalue weighted by molar-refractivity contribution is 5.93. The summed E-state index contributed by atoms with van der Waals surface area (Å²) in [7, 11) is 0. The molecular formula is C21H26N3O5+. The number of nitrogens with one attached hydrogen (secondary N) is 2. The third kappa shape index (κ3) is 5.68. The van der Waals surface area contributed by atoms with Crippen LogP contribution in [-0.2, 0) is 9.53 Å². The van der Waals surface area contributed by atoms with E-state index in [0.29, 0.717) is 49.7 Å². The fourth-order valence-corrected chi connectivity index (χ4v) is 3.16. The molecule has 1 aliphatic heterocycles. The van der Waals surface area contributed by atoms with Crippen LogP contribution in [0.1, 0.15) is 34.8 Å². The molecule has 29 heavy (non-hydrogen) atoms. The molecule has 2 aromatic rings. The molecule has 1 saturated heterocycles. The smallest absolute Gasteiger partial charge is 0.338 e. The van der Waals surface area contributed by atoms with E-state index in [-0.39, 0.29) is 23.9 Å². The molecule has 8 nitrogen and oxygen atoms in total. The summed E-state index contributed by atoms with van der Waals surface area (Å²) in [5, 5.41) is 2.85. The van der Waals surface area contributed by atoms with E-state index >= 15 is 0 Å². The van der Waals surface area contributed by atoms with Gasteiger partial charge in [0.2, 0.25) is 0 Å². The average molecular weight is 400 g/mol. The number of rotatable bonds is 6. The van der Waals surface area contributed by atoms with E-state index in [2.05, 4.69) is 5.32 Å². The number of nitrogens with zero attached hydrogens (tertiary/aromatic N) is 1. The number of hydrogen-bond donors (Lipinski definition) is 2. The number of hydrogen-bond acceptors (Lipinski definition) is 5. The van der Waals surface area contributed by atoms with Crippen molar-refractivity contribution < 1.29 is 28.4 Å². The number of amides is 2. The molecular weight excluding hydrogens is 374 g/mol. The van der Waals surface area contributed by atoms with Gasteiger partial charge < -0.3 is 24.3 Å². The lowest BCUT2D eigenvalue weighted by Crippen LogP contribution is -3.15. The summed E-state index contributed by atoms with van der Waals surface area (Å²) in [5.74, 6) is -0.269. The van der Waals surface area contributed by atoms with Crippen LogP contribution in [0.5, 0.6) is 0 Å². The Morgan fingerprint density at radius 3 is 2.41 bits per heavy atom. The maximum Gasteiger partial charge on any atom is 0.338 e. The van der Waals surface area contributed by atoms with Crippen molar-refractivity contribution >= 4 is 23.5 Å². The fourth-order valence-electron chi connectivity index (χ4n) is 3.16. The van der Waals surface area contributed by atoms with Gasteiger partial charge in [0, 0.05) is 5.69 Å². The van der Waals surface area contributed by atoms with Gasteiger partial charge in [-0.25, -0.2) is 4.79 Å². The second-order valence-corrected chi connectivity index (χ2v) is 7.28. The minimum absolute atomic E-state index is 0.108. The number of benzene rings is 1. The predicted octanol–water partition coefficient (Wildman–Crippen LogP) is 0.824. The Balaban J connectivity index is 1.44. The van der Waals surface area contributed by atoms with E-state index in [1.807, 2.05) is 0 Å². The lowest BCUT2D eigenvalue weighted by Gasteiger charge is -2.31. The number of anilines is 1. The number of esters is 1. The SMILES string of the molecule is CC(C)OC(=O)c1ccc(NC(=O)C[NH+]2CCN(C(=O)c3ccco3)CC2)cc1. The van der Waals surface area contributed by atoms with Crippen molar-refractivity contribution in [3.63, 3.8) is 0 Å². The van der Waals surface area contributed by atoms with Gasteiger partial charge in [0.15, 0.2) is 12.3 Å². The van der Waals surface area contributed by atoms with Crippen molar-refractivity contribution in [3.8, 4) is 0 Å². The maximum absolute atomic E-state index is 12.3. The molecule has 0 aliphatic carbocycles. The van der Waals surface area contributed by atoms with Crippen LogP contribution in [0.3, 0.4) is 0 Å². The van der Waals surface area contributed by atoms with E-state index in [0.717, 1.165) is 4.90 Å². The van der Waals surface area contributed by atoms with Gasteiger partial charge in [-0.1, -0.05) is 0 Å². The Morgan fingerprint density at radius 1 is 1.14 bits per heavy atom. The first-order valence-corrected chi connectivity index (χ1v) is 9.69. The number of furan rings is 1. The Labute approximate surface area is 169 Å². The van der Waals surface area contributed by atoms with E-state index in [1.54, 1.807) is 55.1 Å². The van der Waals surface area contributed by atoms with Crippen molar-refractivity contribution in [1.82, 2.24) is 4.90 Å². The van der Waals surface area contributed by atoms with Crippen molar-refractivity contribution in [3.05, 3.63) is 54.0 Å². The third-order valence-corrected chi connectivity index (χ3v) is 4.65. The molecule has 0 spiro atoms. The summed E-state index contributed by atoms with van der Waals surface area (Å²) < 4.78 is 10.3. The summed E-state index contributed by atoms with van der Waals surface area (Å²) in [5.41, 5.74) is 1.07. The van der Waals surface area contributed by atoms with Gasteiger partial charge in [-0.15, -0.1) is 0 Å². The molecule has 1 fully saturated rings.